The predicted octanol–water partition coefficient (Wildman–Crippen LogP) is 3.67. The number of benzene rings is 3. The molecule has 0 unspecified atom stereocenters. The normalized spacial score (nSPS) is 26.9. The minimum absolute atomic E-state index is 0.145. The van der Waals surface area contributed by atoms with E-state index in [4.69, 9.17) is 18.9 Å². The third kappa shape index (κ3) is 5.84. The fraction of sp³-hybridized carbons (Fsp3) is 0.267. The molecule has 2 aliphatic heterocycles. The van der Waals surface area contributed by atoms with Crippen LogP contribution < -0.4 is 10.1 Å². The molecule has 0 spiro atoms. The van der Waals surface area contributed by atoms with Gasteiger partial charge in [-0.25, -0.2) is 0 Å². The molecule has 0 saturated carbocycles. The highest BCUT2D eigenvalue weighted by Gasteiger charge is 2.50. The van der Waals surface area contributed by atoms with Crippen LogP contribution in [0.15, 0.2) is 91.0 Å². The minimum Gasteiger partial charge on any atom is -0.462 e. The second kappa shape index (κ2) is 11.7. The van der Waals surface area contributed by atoms with Gasteiger partial charge in [0, 0.05) is 23.6 Å². The van der Waals surface area contributed by atoms with E-state index >= 15 is 0 Å². The van der Waals surface area contributed by atoms with Crippen molar-refractivity contribution in [2.45, 2.75) is 43.9 Å². The molecule has 196 valence electrons. The van der Waals surface area contributed by atoms with E-state index in [-0.39, 0.29) is 18.3 Å². The SMILES string of the molecule is CC(=O)N[C@@H]1[C@H](Oc2ccccc2/C=C/C(=O)c2ccccc2)O[C@@H]2CO[C@H](c3ccccc3)O[C@@H]2[C@@H]1O. The zero-order valence-corrected chi connectivity index (χ0v) is 20.8. The van der Waals surface area contributed by atoms with Crippen molar-refractivity contribution in [1.82, 2.24) is 5.32 Å². The third-order valence-corrected chi connectivity index (χ3v) is 6.44. The minimum atomic E-state index is -1.12. The Morgan fingerprint density at radius 2 is 1.63 bits per heavy atom. The van der Waals surface area contributed by atoms with Gasteiger partial charge in [-0.1, -0.05) is 78.9 Å². The van der Waals surface area contributed by atoms with E-state index in [1.54, 1.807) is 48.5 Å². The molecule has 2 saturated heterocycles. The van der Waals surface area contributed by atoms with Crippen LogP contribution in [0.4, 0.5) is 0 Å². The number of rotatable bonds is 7. The van der Waals surface area contributed by atoms with Crippen LogP contribution in [0, 0.1) is 0 Å². The van der Waals surface area contributed by atoms with Gasteiger partial charge in [0.15, 0.2) is 12.1 Å². The lowest BCUT2D eigenvalue weighted by molar-refractivity contribution is -0.333. The predicted molar refractivity (Wildman–Crippen MR) is 139 cm³/mol. The molecule has 0 aromatic heterocycles. The maximum Gasteiger partial charge on any atom is 0.223 e. The molecule has 0 aliphatic carbocycles. The third-order valence-electron chi connectivity index (χ3n) is 6.44. The molecule has 8 heteroatoms. The molecule has 0 radical (unpaired) electrons. The number of ether oxygens (including phenoxy) is 4. The summed E-state index contributed by atoms with van der Waals surface area (Å²) in [7, 11) is 0. The number of carbonyl (C=O) groups is 2. The maximum absolute atomic E-state index is 12.6. The molecule has 1 amide bonds. The summed E-state index contributed by atoms with van der Waals surface area (Å²) in [6.07, 6.45) is -1.06. The number of fused-ring (bicyclic) bond motifs is 1. The van der Waals surface area contributed by atoms with Crippen molar-refractivity contribution in [2.75, 3.05) is 6.61 Å². The van der Waals surface area contributed by atoms with Gasteiger partial charge in [-0.05, 0) is 18.2 Å². The van der Waals surface area contributed by atoms with E-state index in [1.165, 1.54) is 13.0 Å². The quantitative estimate of drug-likeness (QED) is 0.366. The second-order valence-electron chi connectivity index (χ2n) is 9.16. The van der Waals surface area contributed by atoms with Crippen molar-refractivity contribution >= 4 is 17.8 Å². The maximum atomic E-state index is 12.6. The standard InChI is InChI=1S/C30H29NO7/c1-19(32)31-26-27(34)28-25(18-35-29(38-28)22-13-6-3-7-14-22)37-30(26)36-24-15-9-8-12-21(24)16-17-23(33)20-10-4-2-5-11-20/h2-17,25-30,34H,18H2,1H3,(H,31,32)/b17-16+/t25-,26+,27-,28+,29+,30-/m1/s1. The molecule has 6 atom stereocenters. The van der Waals surface area contributed by atoms with Gasteiger partial charge in [-0.3, -0.25) is 9.59 Å². The van der Waals surface area contributed by atoms with Gasteiger partial charge >= 0.3 is 0 Å². The number of hydrogen-bond donors (Lipinski definition) is 2. The molecule has 0 bridgehead atoms. The highest BCUT2D eigenvalue weighted by molar-refractivity contribution is 6.06. The van der Waals surface area contributed by atoms with E-state index < -0.39 is 36.9 Å². The van der Waals surface area contributed by atoms with Crippen molar-refractivity contribution in [3.05, 3.63) is 108 Å². The molecule has 2 fully saturated rings. The molecule has 38 heavy (non-hydrogen) atoms. The Labute approximate surface area is 220 Å². The molecule has 3 aromatic carbocycles. The smallest absolute Gasteiger partial charge is 0.223 e. The number of ketones is 1. The lowest BCUT2D eigenvalue weighted by Gasteiger charge is -2.47. The van der Waals surface area contributed by atoms with Crippen LogP contribution in [-0.2, 0) is 19.0 Å². The summed E-state index contributed by atoms with van der Waals surface area (Å²) < 4.78 is 24.3. The van der Waals surface area contributed by atoms with E-state index in [1.807, 2.05) is 42.5 Å². The highest BCUT2D eigenvalue weighted by atomic mass is 16.7. The Balaban J connectivity index is 1.35. The largest absolute Gasteiger partial charge is 0.462 e. The Morgan fingerprint density at radius 1 is 0.947 bits per heavy atom. The summed E-state index contributed by atoms with van der Waals surface area (Å²) in [6.45, 7) is 1.53. The summed E-state index contributed by atoms with van der Waals surface area (Å²) in [4.78, 5) is 24.6. The van der Waals surface area contributed by atoms with Crippen molar-refractivity contribution < 1.29 is 33.6 Å². The van der Waals surface area contributed by atoms with E-state index in [0.29, 0.717) is 16.9 Å². The number of carbonyl (C=O) groups excluding carboxylic acids is 2. The van der Waals surface area contributed by atoms with Crippen LogP contribution >= 0.6 is 0 Å². The number of amides is 1. The number of allylic oxidation sites excluding steroid dienone is 1. The molecule has 3 aromatic rings. The summed E-state index contributed by atoms with van der Waals surface area (Å²) in [5, 5.41) is 14.0. The van der Waals surface area contributed by atoms with Gasteiger partial charge in [0.25, 0.3) is 0 Å². The van der Waals surface area contributed by atoms with Crippen molar-refractivity contribution in [3.63, 3.8) is 0 Å². The molecule has 2 heterocycles. The first-order chi connectivity index (χ1) is 18.5. The van der Waals surface area contributed by atoms with Crippen molar-refractivity contribution in [2.24, 2.45) is 0 Å². The van der Waals surface area contributed by atoms with Gasteiger partial charge < -0.3 is 29.4 Å². The number of hydrogen-bond acceptors (Lipinski definition) is 7. The van der Waals surface area contributed by atoms with Crippen LogP contribution in [0.2, 0.25) is 0 Å². The zero-order chi connectivity index (χ0) is 26.5. The summed E-state index contributed by atoms with van der Waals surface area (Å²) >= 11 is 0. The van der Waals surface area contributed by atoms with E-state index in [2.05, 4.69) is 5.32 Å². The first kappa shape index (κ1) is 25.8. The molecule has 2 N–H and O–H groups in total. The Hall–Kier alpha value is -3.82. The Kier molecular flexibility index (Phi) is 7.95. The monoisotopic (exact) mass is 515 g/mol. The summed E-state index contributed by atoms with van der Waals surface area (Å²) in [5.41, 5.74) is 2.03. The number of aliphatic hydroxyl groups is 1. The van der Waals surface area contributed by atoms with Gasteiger partial charge in [0.1, 0.15) is 30.1 Å². The van der Waals surface area contributed by atoms with Gasteiger partial charge in [0.2, 0.25) is 12.2 Å². The number of para-hydroxylation sites is 1. The lowest BCUT2D eigenvalue weighted by atomic mass is 9.95. The first-order valence-electron chi connectivity index (χ1n) is 12.5. The second-order valence-corrected chi connectivity index (χ2v) is 9.16. The van der Waals surface area contributed by atoms with Crippen LogP contribution in [0.25, 0.3) is 6.08 Å². The highest BCUT2D eigenvalue weighted by Crippen LogP contribution is 2.35. The van der Waals surface area contributed by atoms with E-state index in [0.717, 1.165) is 5.56 Å². The molecule has 8 nitrogen and oxygen atoms in total. The molecular weight excluding hydrogens is 486 g/mol. The first-order valence-corrected chi connectivity index (χ1v) is 12.5. The molecule has 5 rings (SSSR count). The van der Waals surface area contributed by atoms with Crippen LogP contribution in [0.1, 0.15) is 34.7 Å². The average Bonchev–Trinajstić information content (AvgIpc) is 2.95. The lowest BCUT2D eigenvalue weighted by Crippen LogP contribution is -2.67. The summed E-state index contributed by atoms with van der Waals surface area (Å²) in [6, 6.07) is 24.6. The molecule has 2 aliphatic rings. The fourth-order valence-electron chi connectivity index (χ4n) is 4.58. The average molecular weight is 516 g/mol. The Morgan fingerprint density at radius 3 is 2.37 bits per heavy atom. The topological polar surface area (TPSA) is 103 Å². The van der Waals surface area contributed by atoms with Crippen LogP contribution in [0.5, 0.6) is 5.75 Å². The van der Waals surface area contributed by atoms with Crippen LogP contribution in [-0.4, -0.2) is 54.0 Å². The fourth-order valence-corrected chi connectivity index (χ4v) is 4.58. The van der Waals surface area contributed by atoms with Crippen molar-refractivity contribution in [3.8, 4) is 5.75 Å². The van der Waals surface area contributed by atoms with Crippen LogP contribution in [0.3, 0.4) is 0 Å². The summed E-state index contributed by atoms with van der Waals surface area (Å²) in [5.74, 6) is -0.0680. The molecular formula is C30H29NO7. The van der Waals surface area contributed by atoms with E-state index in [9.17, 15) is 14.7 Å². The van der Waals surface area contributed by atoms with Gasteiger partial charge in [0.05, 0.1) is 6.61 Å². The Bertz CT molecular complexity index is 1280. The number of nitrogens with one attached hydrogen (secondary N) is 1. The van der Waals surface area contributed by atoms with Gasteiger partial charge in [-0.15, -0.1) is 0 Å². The number of aliphatic hydroxyl groups excluding tert-OH is 1. The van der Waals surface area contributed by atoms with Gasteiger partial charge in [-0.2, -0.15) is 0 Å². The van der Waals surface area contributed by atoms with Crippen molar-refractivity contribution in [1.29, 1.82) is 0 Å². The zero-order valence-electron chi connectivity index (χ0n) is 20.8.